The van der Waals surface area contributed by atoms with Crippen LogP contribution in [0.2, 0.25) is 10.0 Å². The van der Waals surface area contributed by atoms with Gasteiger partial charge in [0.1, 0.15) is 5.75 Å². The summed E-state index contributed by atoms with van der Waals surface area (Å²) in [5.74, 6) is 0.448. The number of morpholine rings is 1. The Hall–Kier alpha value is -1.61. The number of nitrogens with zero attached hydrogens (tertiary/aromatic N) is 3. The molecule has 1 aromatic heterocycles. The number of thiazole rings is 1. The second-order valence-electron chi connectivity index (χ2n) is 7.31. The SMILES string of the molecule is Cc1cc(Cl)cc2sc(N(CCN3CCOCC3)C(=O)COc3ccc(Cl)cc3)nc12.Cl. The summed E-state index contributed by atoms with van der Waals surface area (Å²) in [6, 6.07) is 10.7. The molecule has 1 aliphatic heterocycles. The van der Waals surface area contributed by atoms with Crippen molar-refractivity contribution in [3.8, 4) is 5.75 Å². The molecule has 0 radical (unpaired) electrons. The second-order valence-corrected chi connectivity index (χ2v) is 9.19. The predicted octanol–water partition coefficient (Wildman–Crippen LogP) is 5.08. The van der Waals surface area contributed by atoms with Gasteiger partial charge in [0.25, 0.3) is 5.91 Å². The topological polar surface area (TPSA) is 54.9 Å². The van der Waals surface area contributed by atoms with Crippen molar-refractivity contribution in [2.75, 3.05) is 50.9 Å². The van der Waals surface area contributed by atoms with Crippen molar-refractivity contribution in [2.45, 2.75) is 6.92 Å². The van der Waals surface area contributed by atoms with E-state index in [0.717, 1.165) is 35.4 Å². The Morgan fingerprint density at radius 3 is 2.62 bits per heavy atom. The van der Waals surface area contributed by atoms with Crippen LogP contribution in [0.5, 0.6) is 5.75 Å². The van der Waals surface area contributed by atoms with Crippen LogP contribution in [0.15, 0.2) is 36.4 Å². The van der Waals surface area contributed by atoms with Crippen LogP contribution in [0, 0.1) is 6.92 Å². The first kappa shape index (κ1) is 25.0. The minimum absolute atomic E-state index is 0. The van der Waals surface area contributed by atoms with E-state index >= 15 is 0 Å². The number of rotatable bonds is 7. The lowest BCUT2D eigenvalue weighted by Gasteiger charge is -2.29. The zero-order valence-electron chi connectivity index (χ0n) is 17.6. The average molecular weight is 517 g/mol. The van der Waals surface area contributed by atoms with E-state index in [2.05, 4.69) is 4.90 Å². The maximum atomic E-state index is 13.2. The molecule has 1 amide bonds. The van der Waals surface area contributed by atoms with Gasteiger partial charge in [0.15, 0.2) is 11.7 Å². The largest absolute Gasteiger partial charge is 0.484 e. The molecule has 6 nitrogen and oxygen atoms in total. The van der Waals surface area contributed by atoms with E-state index in [9.17, 15) is 4.79 Å². The van der Waals surface area contributed by atoms with Crippen LogP contribution in [0.1, 0.15) is 5.56 Å². The van der Waals surface area contributed by atoms with Gasteiger partial charge in [-0.1, -0.05) is 34.5 Å². The van der Waals surface area contributed by atoms with E-state index in [0.29, 0.717) is 40.7 Å². The molecule has 0 saturated carbocycles. The first-order chi connectivity index (χ1) is 15.0. The fraction of sp³-hybridized carbons (Fsp3) is 0.364. The molecule has 1 saturated heterocycles. The minimum atomic E-state index is -0.147. The third kappa shape index (κ3) is 6.25. The first-order valence-corrected chi connectivity index (χ1v) is 11.6. The Labute approximate surface area is 207 Å². The number of carbonyl (C=O) groups excluding carboxylic acids is 1. The van der Waals surface area contributed by atoms with Crippen LogP contribution in [-0.2, 0) is 9.53 Å². The third-order valence-electron chi connectivity index (χ3n) is 5.09. The number of anilines is 1. The number of carbonyl (C=O) groups is 1. The molecule has 0 spiro atoms. The molecule has 10 heteroatoms. The number of hydrogen-bond acceptors (Lipinski definition) is 6. The van der Waals surface area contributed by atoms with Gasteiger partial charge in [-0.05, 0) is 48.9 Å². The van der Waals surface area contributed by atoms with Crippen molar-refractivity contribution in [1.29, 1.82) is 0 Å². The lowest BCUT2D eigenvalue weighted by molar-refractivity contribution is -0.120. The van der Waals surface area contributed by atoms with Gasteiger partial charge in [0, 0.05) is 36.2 Å². The van der Waals surface area contributed by atoms with E-state index in [-0.39, 0.29) is 24.9 Å². The van der Waals surface area contributed by atoms with E-state index < -0.39 is 0 Å². The fourth-order valence-electron chi connectivity index (χ4n) is 3.41. The molecule has 0 N–H and O–H groups in total. The standard InChI is InChI=1S/C22H23Cl2N3O3S.ClH/c1-15-12-17(24)13-19-21(15)25-22(31-19)27(7-6-26-8-10-29-11-9-26)20(28)14-30-18-4-2-16(23)3-5-18;/h2-5,12-13H,6-11,14H2,1H3;1H. The molecule has 0 bridgehead atoms. The van der Waals surface area contributed by atoms with Crippen molar-refractivity contribution in [2.24, 2.45) is 0 Å². The van der Waals surface area contributed by atoms with Crippen molar-refractivity contribution < 1.29 is 14.3 Å². The summed E-state index contributed by atoms with van der Waals surface area (Å²) in [4.78, 5) is 21.9. The van der Waals surface area contributed by atoms with Gasteiger partial charge >= 0.3 is 0 Å². The van der Waals surface area contributed by atoms with Gasteiger partial charge in [-0.3, -0.25) is 14.6 Å². The fourth-order valence-corrected chi connectivity index (χ4v) is 4.99. The van der Waals surface area contributed by atoms with Gasteiger partial charge in [-0.25, -0.2) is 4.98 Å². The number of amides is 1. The third-order valence-corrected chi connectivity index (χ3v) is 6.59. The molecule has 1 aliphatic rings. The van der Waals surface area contributed by atoms with Crippen LogP contribution in [0.25, 0.3) is 10.2 Å². The Kier molecular flexibility index (Phi) is 8.99. The molecule has 32 heavy (non-hydrogen) atoms. The lowest BCUT2D eigenvalue weighted by Crippen LogP contribution is -2.44. The van der Waals surface area contributed by atoms with Crippen LogP contribution in [0.4, 0.5) is 5.13 Å². The maximum Gasteiger partial charge on any atom is 0.266 e. The number of benzene rings is 2. The predicted molar refractivity (Wildman–Crippen MR) is 133 cm³/mol. The van der Waals surface area contributed by atoms with Crippen molar-refractivity contribution in [3.05, 3.63) is 52.0 Å². The summed E-state index contributed by atoms with van der Waals surface area (Å²) < 4.78 is 12.1. The monoisotopic (exact) mass is 515 g/mol. The number of aromatic nitrogens is 1. The number of ether oxygens (including phenoxy) is 2. The van der Waals surface area contributed by atoms with Crippen LogP contribution in [-0.4, -0.2) is 61.8 Å². The van der Waals surface area contributed by atoms with Crippen molar-refractivity contribution in [3.63, 3.8) is 0 Å². The maximum absolute atomic E-state index is 13.2. The highest BCUT2D eigenvalue weighted by Crippen LogP contribution is 2.33. The highest BCUT2D eigenvalue weighted by atomic mass is 35.5. The van der Waals surface area contributed by atoms with Gasteiger partial charge in [-0.15, -0.1) is 12.4 Å². The molecule has 4 rings (SSSR count). The molecule has 0 unspecified atom stereocenters. The van der Waals surface area contributed by atoms with Gasteiger partial charge in [0.05, 0.1) is 23.4 Å². The molecule has 172 valence electrons. The quantitative estimate of drug-likeness (QED) is 0.438. The summed E-state index contributed by atoms with van der Waals surface area (Å²) in [6.07, 6.45) is 0. The van der Waals surface area contributed by atoms with Gasteiger partial charge < -0.3 is 9.47 Å². The highest BCUT2D eigenvalue weighted by Gasteiger charge is 2.22. The summed E-state index contributed by atoms with van der Waals surface area (Å²) in [5, 5.41) is 1.94. The smallest absolute Gasteiger partial charge is 0.266 e. The number of fused-ring (bicyclic) bond motifs is 1. The number of aryl methyl sites for hydroxylation is 1. The first-order valence-electron chi connectivity index (χ1n) is 10.0. The Morgan fingerprint density at radius 1 is 1.19 bits per heavy atom. The molecule has 0 atom stereocenters. The zero-order valence-corrected chi connectivity index (χ0v) is 20.7. The summed E-state index contributed by atoms with van der Waals surface area (Å²) >= 11 is 13.6. The molecule has 0 aliphatic carbocycles. The summed E-state index contributed by atoms with van der Waals surface area (Å²) in [7, 11) is 0. The average Bonchev–Trinajstić information content (AvgIpc) is 3.18. The lowest BCUT2D eigenvalue weighted by atomic mass is 10.2. The molecule has 1 fully saturated rings. The minimum Gasteiger partial charge on any atom is -0.484 e. The van der Waals surface area contributed by atoms with Crippen molar-refractivity contribution >= 4 is 68.2 Å². The van der Waals surface area contributed by atoms with Crippen LogP contribution in [0.3, 0.4) is 0 Å². The summed E-state index contributed by atoms with van der Waals surface area (Å²) in [5.41, 5.74) is 1.86. The van der Waals surface area contributed by atoms with E-state index in [1.54, 1.807) is 29.2 Å². The van der Waals surface area contributed by atoms with E-state index in [4.69, 9.17) is 37.7 Å². The molecular weight excluding hydrogens is 493 g/mol. The highest BCUT2D eigenvalue weighted by molar-refractivity contribution is 7.22. The molecule has 3 aromatic rings. The number of hydrogen-bond donors (Lipinski definition) is 0. The molecule has 2 heterocycles. The Bertz CT molecular complexity index is 1060. The second kappa shape index (κ2) is 11.5. The van der Waals surface area contributed by atoms with E-state index in [1.807, 2.05) is 19.1 Å². The summed E-state index contributed by atoms with van der Waals surface area (Å²) in [6.45, 7) is 6.30. The Morgan fingerprint density at radius 2 is 1.91 bits per heavy atom. The number of halogens is 3. The van der Waals surface area contributed by atoms with Gasteiger partial charge in [0.2, 0.25) is 0 Å². The van der Waals surface area contributed by atoms with Crippen molar-refractivity contribution in [1.82, 2.24) is 9.88 Å². The zero-order chi connectivity index (χ0) is 21.8. The van der Waals surface area contributed by atoms with E-state index in [1.165, 1.54) is 11.3 Å². The van der Waals surface area contributed by atoms with Crippen LogP contribution < -0.4 is 9.64 Å². The normalized spacial score (nSPS) is 14.2. The molecule has 2 aromatic carbocycles. The van der Waals surface area contributed by atoms with Gasteiger partial charge in [-0.2, -0.15) is 0 Å². The molecular formula is C22H24Cl3N3O3S. The van der Waals surface area contributed by atoms with Crippen LogP contribution >= 0.6 is 46.9 Å². The Balaban J connectivity index is 0.00000289.